The Labute approximate surface area is 121 Å². The van der Waals surface area contributed by atoms with Crippen molar-refractivity contribution in [3.8, 4) is 0 Å². The Hall–Kier alpha value is -0.350. The van der Waals surface area contributed by atoms with Crippen molar-refractivity contribution in [2.75, 3.05) is 6.54 Å². The average molecular weight is 330 g/mol. The van der Waals surface area contributed by atoms with E-state index in [0.717, 1.165) is 17.8 Å². The molecular formula is C14H20BrNOS. The number of rotatable bonds is 4. The van der Waals surface area contributed by atoms with E-state index in [-0.39, 0.29) is 5.91 Å². The van der Waals surface area contributed by atoms with Crippen LogP contribution in [-0.2, 0) is 6.42 Å². The zero-order chi connectivity index (χ0) is 13.0. The van der Waals surface area contributed by atoms with Gasteiger partial charge in [0, 0.05) is 16.2 Å². The summed E-state index contributed by atoms with van der Waals surface area (Å²) in [6.07, 6.45) is 5.98. The van der Waals surface area contributed by atoms with Crippen LogP contribution < -0.4 is 5.32 Å². The molecule has 2 atom stereocenters. The van der Waals surface area contributed by atoms with E-state index in [1.807, 2.05) is 6.07 Å². The Kier molecular flexibility index (Phi) is 5.25. The molecule has 0 aliphatic heterocycles. The summed E-state index contributed by atoms with van der Waals surface area (Å²) in [6, 6.07) is 3.99. The molecule has 2 rings (SSSR count). The third kappa shape index (κ3) is 3.82. The molecule has 18 heavy (non-hydrogen) atoms. The van der Waals surface area contributed by atoms with Crippen LogP contribution in [0.15, 0.2) is 12.1 Å². The van der Waals surface area contributed by atoms with Crippen molar-refractivity contribution in [1.82, 2.24) is 5.32 Å². The lowest BCUT2D eigenvalue weighted by atomic mass is 9.89. The number of hydrogen-bond donors (Lipinski definition) is 1. The van der Waals surface area contributed by atoms with Gasteiger partial charge in [0.1, 0.15) is 0 Å². The Morgan fingerprint density at radius 2 is 2.33 bits per heavy atom. The second-order valence-corrected chi connectivity index (χ2v) is 7.42. The second-order valence-electron chi connectivity index (χ2n) is 4.96. The molecule has 2 unspecified atom stereocenters. The van der Waals surface area contributed by atoms with Gasteiger partial charge in [0.2, 0.25) is 0 Å². The number of carbonyl (C=O) groups excluding carboxylic acids is 1. The summed E-state index contributed by atoms with van der Waals surface area (Å²) in [5.74, 6) is 0.731. The van der Waals surface area contributed by atoms with E-state index in [1.54, 1.807) is 11.3 Å². The molecule has 1 aromatic rings. The molecule has 1 aromatic heterocycles. The van der Waals surface area contributed by atoms with Crippen LogP contribution in [0.4, 0.5) is 0 Å². The van der Waals surface area contributed by atoms with Crippen molar-refractivity contribution >= 4 is 33.2 Å². The van der Waals surface area contributed by atoms with Crippen LogP contribution in [0.25, 0.3) is 0 Å². The smallest absolute Gasteiger partial charge is 0.261 e. The molecule has 1 N–H and O–H groups in total. The Morgan fingerprint density at radius 3 is 3.00 bits per heavy atom. The first-order valence-electron chi connectivity index (χ1n) is 6.70. The van der Waals surface area contributed by atoms with Crippen LogP contribution in [-0.4, -0.2) is 17.3 Å². The zero-order valence-corrected chi connectivity index (χ0v) is 13.1. The summed E-state index contributed by atoms with van der Waals surface area (Å²) in [5.41, 5.74) is 0. The third-order valence-electron chi connectivity index (χ3n) is 3.50. The number of alkyl halides is 1. The van der Waals surface area contributed by atoms with Gasteiger partial charge in [-0.1, -0.05) is 29.3 Å². The molecule has 1 aliphatic carbocycles. The van der Waals surface area contributed by atoms with Crippen LogP contribution >= 0.6 is 27.3 Å². The Bertz CT molecular complexity index is 404. The highest BCUT2D eigenvalue weighted by atomic mass is 79.9. The minimum Gasteiger partial charge on any atom is -0.351 e. The summed E-state index contributed by atoms with van der Waals surface area (Å²) in [5, 5.41) is 3.08. The van der Waals surface area contributed by atoms with Gasteiger partial charge < -0.3 is 5.32 Å². The molecule has 1 aliphatic rings. The van der Waals surface area contributed by atoms with Crippen LogP contribution in [0, 0.1) is 5.92 Å². The number of halogens is 1. The molecule has 100 valence electrons. The molecule has 1 fully saturated rings. The summed E-state index contributed by atoms with van der Waals surface area (Å²) in [7, 11) is 0. The molecule has 0 spiro atoms. The minimum atomic E-state index is 0.0939. The van der Waals surface area contributed by atoms with Gasteiger partial charge in [0.05, 0.1) is 4.88 Å². The monoisotopic (exact) mass is 329 g/mol. The lowest BCUT2D eigenvalue weighted by Crippen LogP contribution is -2.31. The molecule has 4 heteroatoms. The van der Waals surface area contributed by atoms with Gasteiger partial charge in [-0.05, 0) is 43.7 Å². The first-order chi connectivity index (χ1) is 8.69. The van der Waals surface area contributed by atoms with E-state index in [1.165, 1.54) is 30.6 Å². The summed E-state index contributed by atoms with van der Waals surface area (Å²) >= 11 is 5.29. The number of carbonyl (C=O) groups is 1. The quantitative estimate of drug-likeness (QED) is 0.831. The number of aryl methyl sites for hydroxylation is 1. The van der Waals surface area contributed by atoms with E-state index in [2.05, 4.69) is 34.2 Å². The van der Waals surface area contributed by atoms with E-state index in [4.69, 9.17) is 0 Å². The van der Waals surface area contributed by atoms with Crippen LogP contribution in [0.3, 0.4) is 0 Å². The number of amides is 1. The van der Waals surface area contributed by atoms with E-state index in [9.17, 15) is 4.79 Å². The largest absolute Gasteiger partial charge is 0.351 e. The van der Waals surface area contributed by atoms with Crippen molar-refractivity contribution in [2.24, 2.45) is 5.92 Å². The van der Waals surface area contributed by atoms with E-state index < -0.39 is 0 Å². The van der Waals surface area contributed by atoms with Gasteiger partial charge in [-0.25, -0.2) is 0 Å². The fourth-order valence-corrected chi connectivity index (χ4v) is 4.14. The van der Waals surface area contributed by atoms with Crippen molar-refractivity contribution in [1.29, 1.82) is 0 Å². The second kappa shape index (κ2) is 6.71. The lowest BCUT2D eigenvalue weighted by Gasteiger charge is -2.25. The van der Waals surface area contributed by atoms with Crippen molar-refractivity contribution in [3.05, 3.63) is 21.9 Å². The van der Waals surface area contributed by atoms with Crippen LogP contribution in [0.1, 0.15) is 47.2 Å². The van der Waals surface area contributed by atoms with Gasteiger partial charge in [-0.15, -0.1) is 11.3 Å². The molecule has 0 radical (unpaired) electrons. The minimum absolute atomic E-state index is 0.0939. The van der Waals surface area contributed by atoms with Gasteiger partial charge in [0.25, 0.3) is 5.91 Å². The van der Waals surface area contributed by atoms with Gasteiger partial charge in [0.15, 0.2) is 0 Å². The van der Waals surface area contributed by atoms with E-state index >= 15 is 0 Å². The average Bonchev–Trinajstić information content (AvgIpc) is 2.85. The molecule has 0 bridgehead atoms. The SMILES string of the molecule is CCc1ccc(C(=O)NCC2CCCC(Br)C2)s1. The maximum atomic E-state index is 12.0. The fraction of sp³-hybridized carbons (Fsp3) is 0.643. The summed E-state index contributed by atoms with van der Waals surface area (Å²) < 4.78 is 0. The van der Waals surface area contributed by atoms with Gasteiger partial charge >= 0.3 is 0 Å². The van der Waals surface area contributed by atoms with Crippen molar-refractivity contribution in [2.45, 2.75) is 43.9 Å². The Morgan fingerprint density at radius 1 is 1.50 bits per heavy atom. The predicted molar refractivity (Wildman–Crippen MR) is 80.7 cm³/mol. The molecular weight excluding hydrogens is 310 g/mol. The van der Waals surface area contributed by atoms with Crippen LogP contribution in [0.2, 0.25) is 0 Å². The first kappa shape index (κ1) is 14.1. The Balaban J connectivity index is 1.80. The summed E-state index contributed by atoms with van der Waals surface area (Å²) in [4.78, 5) is 14.7. The molecule has 1 saturated carbocycles. The molecule has 2 nitrogen and oxygen atoms in total. The molecule has 1 amide bonds. The van der Waals surface area contributed by atoms with Gasteiger partial charge in [-0.3, -0.25) is 4.79 Å². The van der Waals surface area contributed by atoms with Crippen molar-refractivity contribution < 1.29 is 4.79 Å². The maximum Gasteiger partial charge on any atom is 0.261 e. The first-order valence-corrected chi connectivity index (χ1v) is 8.43. The van der Waals surface area contributed by atoms with Crippen LogP contribution in [0.5, 0.6) is 0 Å². The highest BCUT2D eigenvalue weighted by molar-refractivity contribution is 9.09. The zero-order valence-electron chi connectivity index (χ0n) is 10.7. The molecule has 1 heterocycles. The number of nitrogens with one attached hydrogen (secondary N) is 1. The normalized spacial score (nSPS) is 23.9. The third-order valence-corrected chi connectivity index (χ3v) is 5.56. The van der Waals surface area contributed by atoms with Crippen molar-refractivity contribution in [3.63, 3.8) is 0 Å². The highest BCUT2D eigenvalue weighted by Crippen LogP contribution is 2.28. The topological polar surface area (TPSA) is 29.1 Å². The standard InChI is InChI=1S/C14H20BrNOS/c1-2-12-6-7-13(18-12)14(17)16-9-10-4-3-5-11(15)8-10/h6-7,10-11H,2-5,8-9H2,1H3,(H,16,17). The maximum absolute atomic E-state index is 12.0. The number of hydrogen-bond acceptors (Lipinski definition) is 2. The van der Waals surface area contributed by atoms with E-state index in [0.29, 0.717) is 10.7 Å². The van der Waals surface area contributed by atoms with Gasteiger partial charge in [-0.2, -0.15) is 0 Å². The molecule has 0 aromatic carbocycles. The lowest BCUT2D eigenvalue weighted by molar-refractivity contribution is 0.0948. The fourth-order valence-electron chi connectivity index (χ4n) is 2.42. The molecule has 0 saturated heterocycles. The number of thiophene rings is 1. The predicted octanol–water partition coefficient (Wildman–Crippen LogP) is 3.99. The highest BCUT2D eigenvalue weighted by Gasteiger charge is 2.20. The summed E-state index contributed by atoms with van der Waals surface area (Å²) in [6.45, 7) is 2.94.